The number of carbonyl (C=O) groups excluding carboxylic acids is 1. The van der Waals surface area contributed by atoms with E-state index in [9.17, 15) is 18.0 Å². The molecule has 0 aromatic heterocycles. The molecule has 1 aromatic carbocycles. The van der Waals surface area contributed by atoms with Crippen LogP contribution in [0.5, 0.6) is 0 Å². The number of rotatable bonds is 2. The van der Waals surface area contributed by atoms with Gasteiger partial charge in [0.25, 0.3) is 0 Å². The zero-order valence-electron chi connectivity index (χ0n) is 13.3. The van der Waals surface area contributed by atoms with Crippen molar-refractivity contribution in [2.45, 2.75) is 44.7 Å². The van der Waals surface area contributed by atoms with Crippen LogP contribution in [0.15, 0.2) is 29.4 Å². The van der Waals surface area contributed by atoms with Crippen molar-refractivity contribution in [1.82, 2.24) is 5.32 Å². The first kappa shape index (κ1) is 16.8. The van der Waals surface area contributed by atoms with Crippen LogP contribution < -0.4 is 10.3 Å². The number of carbonyl (C=O) groups is 1. The van der Waals surface area contributed by atoms with E-state index in [-0.39, 0.29) is 11.8 Å². The molecule has 130 valence electrons. The molecule has 1 saturated carbocycles. The maximum absolute atomic E-state index is 12.8. The summed E-state index contributed by atoms with van der Waals surface area (Å²) in [6, 6.07) is 5.07. The van der Waals surface area contributed by atoms with Crippen LogP contribution >= 0.6 is 0 Å². The lowest BCUT2D eigenvalue weighted by Gasteiger charge is -2.20. The smallest absolute Gasteiger partial charge is 0.312 e. The zero-order chi connectivity index (χ0) is 17.2. The number of nitrogens with zero attached hydrogens (tertiary/aromatic N) is 2. The number of halogens is 3. The second-order valence-electron chi connectivity index (χ2n) is 6.29. The van der Waals surface area contributed by atoms with Crippen molar-refractivity contribution in [2.24, 2.45) is 11.0 Å². The Kier molecular flexibility index (Phi) is 4.78. The van der Waals surface area contributed by atoms with E-state index in [1.807, 2.05) is 0 Å². The van der Waals surface area contributed by atoms with Crippen molar-refractivity contribution >= 4 is 17.4 Å². The molecular formula is C17H20F3N3O. The summed E-state index contributed by atoms with van der Waals surface area (Å²) in [5, 5.41) is 8.61. The highest BCUT2D eigenvalue weighted by atomic mass is 19.4. The Bertz CT molecular complexity index is 636. The van der Waals surface area contributed by atoms with Gasteiger partial charge in [0.1, 0.15) is 5.84 Å². The molecule has 1 aliphatic carbocycles. The van der Waals surface area contributed by atoms with Crippen molar-refractivity contribution in [3.8, 4) is 0 Å². The Morgan fingerprint density at radius 1 is 1.21 bits per heavy atom. The standard InChI is InChI=1S/C17H20F3N3O/c18-17(19,20)13-7-4-8-14(11-13)23-10-9-15(22-23)21-16(24)12-5-2-1-3-6-12/h4,7-8,11-12H,1-3,5-6,9-10H2,(H,21,22,24). The highest BCUT2D eigenvalue weighted by molar-refractivity contribution is 6.00. The number of amides is 1. The molecular weight excluding hydrogens is 319 g/mol. The van der Waals surface area contributed by atoms with Gasteiger partial charge in [-0.3, -0.25) is 9.80 Å². The molecule has 0 saturated heterocycles. The maximum Gasteiger partial charge on any atom is 0.416 e. The van der Waals surface area contributed by atoms with Crippen LogP contribution in [0, 0.1) is 5.92 Å². The summed E-state index contributed by atoms with van der Waals surface area (Å²) < 4.78 is 38.4. The molecule has 1 heterocycles. The fraction of sp³-hybridized carbons (Fsp3) is 0.529. The summed E-state index contributed by atoms with van der Waals surface area (Å²) >= 11 is 0. The minimum absolute atomic E-state index is 0.0145. The SMILES string of the molecule is O=C(NC1=NN(c2cccc(C(F)(F)F)c2)CC1)C1CCCCC1. The van der Waals surface area contributed by atoms with E-state index in [2.05, 4.69) is 10.4 Å². The Morgan fingerprint density at radius 2 is 1.96 bits per heavy atom. The number of alkyl halides is 3. The van der Waals surface area contributed by atoms with Gasteiger partial charge in [-0.15, -0.1) is 0 Å². The number of amidine groups is 1. The van der Waals surface area contributed by atoms with Crippen molar-refractivity contribution in [1.29, 1.82) is 0 Å². The first-order valence-electron chi connectivity index (χ1n) is 8.26. The van der Waals surface area contributed by atoms with E-state index in [0.717, 1.165) is 37.8 Å². The molecule has 0 unspecified atom stereocenters. The molecule has 1 N–H and O–H groups in total. The molecule has 1 aliphatic heterocycles. The molecule has 24 heavy (non-hydrogen) atoms. The molecule has 0 spiro atoms. The van der Waals surface area contributed by atoms with Crippen LogP contribution in [0.4, 0.5) is 18.9 Å². The number of hydrazone groups is 1. The normalized spacial score (nSPS) is 19.3. The van der Waals surface area contributed by atoms with Crippen molar-refractivity contribution in [3.05, 3.63) is 29.8 Å². The highest BCUT2D eigenvalue weighted by Gasteiger charge is 2.31. The van der Waals surface area contributed by atoms with Gasteiger partial charge < -0.3 is 5.32 Å². The number of hydrogen-bond acceptors (Lipinski definition) is 3. The van der Waals surface area contributed by atoms with Gasteiger partial charge in [-0.2, -0.15) is 18.3 Å². The molecule has 0 atom stereocenters. The largest absolute Gasteiger partial charge is 0.416 e. The highest BCUT2D eigenvalue weighted by Crippen LogP contribution is 2.32. The lowest BCUT2D eigenvalue weighted by atomic mass is 9.88. The van der Waals surface area contributed by atoms with Gasteiger partial charge in [0, 0.05) is 18.9 Å². The second-order valence-corrected chi connectivity index (χ2v) is 6.29. The van der Waals surface area contributed by atoms with Gasteiger partial charge in [-0.1, -0.05) is 25.3 Å². The van der Waals surface area contributed by atoms with Crippen LogP contribution in [-0.4, -0.2) is 18.3 Å². The Balaban J connectivity index is 1.66. The fourth-order valence-corrected chi connectivity index (χ4v) is 3.18. The molecule has 4 nitrogen and oxygen atoms in total. The van der Waals surface area contributed by atoms with Crippen LogP contribution in [0.3, 0.4) is 0 Å². The lowest BCUT2D eigenvalue weighted by molar-refractivity contribution is -0.137. The van der Waals surface area contributed by atoms with Crippen molar-refractivity contribution in [3.63, 3.8) is 0 Å². The Hall–Kier alpha value is -2.05. The van der Waals surface area contributed by atoms with Gasteiger partial charge in [-0.05, 0) is 31.0 Å². The monoisotopic (exact) mass is 339 g/mol. The summed E-state index contributed by atoms with van der Waals surface area (Å²) in [6.07, 6.45) is 1.26. The van der Waals surface area contributed by atoms with Crippen LogP contribution in [0.25, 0.3) is 0 Å². The van der Waals surface area contributed by atoms with Gasteiger partial charge in [0.2, 0.25) is 5.91 Å². The van der Waals surface area contributed by atoms with Crippen molar-refractivity contribution < 1.29 is 18.0 Å². The van der Waals surface area contributed by atoms with Gasteiger partial charge in [0.05, 0.1) is 11.3 Å². The van der Waals surface area contributed by atoms with E-state index in [1.54, 1.807) is 6.07 Å². The molecule has 2 aliphatic rings. The minimum atomic E-state index is -4.38. The third-order valence-electron chi connectivity index (χ3n) is 4.52. The Labute approximate surface area is 138 Å². The minimum Gasteiger partial charge on any atom is -0.312 e. The van der Waals surface area contributed by atoms with Gasteiger partial charge in [0.15, 0.2) is 0 Å². The predicted octanol–water partition coefficient (Wildman–Crippen LogP) is 3.93. The first-order chi connectivity index (χ1) is 11.4. The average Bonchev–Trinajstić information content (AvgIpc) is 3.03. The van der Waals surface area contributed by atoms with E-state index < -0.39 is 11.7 Å². The molecule has 1 amide bonds. The molecule has 0 radical (unpaired) electrons. The molecule has 1 fully saturated rings. The number of anilines is 1. The molecule has 0 bridgehead atoms. The van der Waals surface area contributed by atoms with Crippen LogP contribution in [-0.2, 0) is 11.0 Å². The number of nitrogens with one attached hydrogen (secondary N) is 1. The Morgan fingerprint density at radius 3 is 2.67 bits per heavy atom. The molecule has 7 heteroatoms. The number of hydrogen-bond donors (Lipinski definition) is 1. The van der Waals surface area contributed by atoms with Crippen molar-refractivity contribution in [2.75, 3.05) is 11.6 Å². The lowest BCUT2D eigenvalue weighted by Crippen LogP contribution is -2.35. The zero-order valence-corrected chi connectivity index (χ0v) is 13.3. The molecule has 1 aromatic rings. The van der Waals surface area contributed by atoms with Gasteiger partial charge in [-0.25, -0.2) is 0 Å². The average molecular weight is 339 g/mol. The van der Waals surface area contributed by atoms with E-state index in [0.29, 0.717) is 24.5 Å². The van der Waals surface area contributed by atoms with Crippen LogP contribution in [0.2, 0.25) is 0 Å². The quantitative estimate of drug-likeness (QED) is 0.887. The predicted molar refractivity (Wildman–Crippen MR) is 85.6 cm³/mol. The summed E-state index contributed by atoms with van der Waals surface area (Å²) in [4.78, 5) is 12.2. The summed E-state index contributed by atoms with van der Waals surface area (Å²) in [6.45, 7) is 0.460. The topological polar surface area (TPSA) is 44.7 Å². The van der Waals surface area contributed by atoms with E-state index in [1.165, 1.54) is 17.5 Å². The first-order valence-corrected chi connectivity index (χ1v) is 8.26. The second kappa shape index (κ2) is 6.83. The maximum atomic E-state index is 12.8. The van der Waals surface area contributed by atoms with Gasteiger partial charge >= 0.3 is 6.18 Å². The summed E-state index contributed by atoms with van der Waals surface area (Å²) in [7, 11) is 0. The summed E-state index contributed by atoms with van der Waals surface area (Å²) in [5.41, 5.74) is -0.318. The number of benzene rings is 1. The van der Waals surface area contributed by atoms with E-state index in [4.69, 9.17) is 0 Å². The third-order valence-corrected chi connectivity index (χ3v) is 4.52. The fourth-order valence-electron chi connectivity index (χ4n) is 3.18. The van der Waals surface area contributed by atoms with Crippen LogP contribution in [0.1, 0.15) is 44.1 Å². The van der Waals surface area contributed by atoms with E-state index >= 15 is 0 Å². The third kappa shape index (κ3) is 3.88. The summed E-state index contributed by atoms with van der Waals surface area (Å²) in [5.74, 6) is 0.548. The molecule has 3 rings (SSSR count).